The summed E-state index contributed by atoms with van der Waals surface area (Å²) >= 11 is 0. The van der Waals surface area contributed by atoms with Gasteiger partial charge in [-0.05, 0) is 25.1 Å². The molecule has 0 aromatic heterocycles. The van der Waals surface area contributed by atoms with Gasteiger partial charge >= 0.3 is 5.97 Å². The summed E-state index contributed by atoms with van der Waals surface area (Å²) in [6.07, 6.45) is 3.91. The highest BCUT2D eigenvalue weighted by Gasteiger charge is 2.28. The average molecular weight is 258 g/mol. The molecule has 0 N–H and O–H groups in total. The van der Waals surface area contributed by atoms with E-state index in [0.29, 0.717) is 13.2 Å². The number of esters is 1. The second-order valence-electron chi connectivity index (χ2n) is 4.11. The summed E-state index contributed by atoms with van der Waals surface area (Å²) in [6, 6.07) is 3.50. The van der Waals surface area contributed by atoms with Crippen LogP contribution in [0.4, 0.5) is 0 Å². The third kappa shape index (κ3) is 6.63. The zero-order chi connectivity index (χ0) is 13.1. The first-order chi connectivity index (χ1) is 8.14. The van der Waals surface area contributed by atoms with E-state index in [0.717, 1.165) is 6.42 Å². The van der Waals surface area contributed by atoms with Crippen LogP contribution in [0.25, 0.3) is 0 Å². The molecule has 0 fully saturated rings. The largest absolute Gasteiger partial charge is 0.462 e. The molecule has 3 nitrogen and oxygen atoms in total. The van der Waals surface area contributed by atoms with Gasteiger partial charge in [-0.15, -0.1) is 0 Å². The zero-order valence-electron chi connectivity index (χ0n) is 11.6. The van der Waals surface area contributed by atoms with Gasteiger partial charge in [0.05, 0.1) is 6.61 Å². The highest BCUT2D eigenvalue weighted by Crippen LogP contribution is 2.21. The molecule has 0 saturated heterocycles. The molecule has 0 aromatic rings. The number of carbonyl (C=O) groups is 1. The van der Waals surface area contributed by atoms with Gasteiger partial charge in [0.25, 0.3) is 0 Å². The van der Waals surface area contributed by atoms with Crippen LogP contribution in [0.3, 0.4) is 0 Å². The Morgan fingerprint density at radius 2 is 1.71 bits per heavy atom. The summed E-state index contributed by atoms with van der Waals surface area (Å²) in [6.45, 7) is 9.60. The first kappa shape index (κ1) is 16.4. The van der Waals surface area contributed by atoms with Crippen molar-refractivity contribution in [1.29, 1.82) is 0 Å². The van der Waals surface area contributed by atoms with Crippen molar-refractivity contribution >= 4 is 14.3 Å². The molecule has 17 heavy (non-hydrogen) atoms. The second kappa shape index (κ2) is 9.42. The van der Waals surface area contributed by atoms with Crippen LogP contribution in [0, 0.1) is 0 Å². The monoisotopic (exact) mass is 258 g/mol. The van der Waals surface area contributed by atoms with Crippen molar-refractivity contribution in [2.75, 3.05) is 13.2 Å². The van der Waals surface area contributed by atoms with Gasteiger partial charge < -0.3 is 9.16 Å². The third-order valence-corrected chi connectivity index (χ3v) is 7.86. The van der Waals surface area contributed by atoms with Gasteiger partial charge in [0.15, 0.2) is 8.32 Å². The van der Waals surface area contributed by atoms with Gasteiger partial charge in [0.1, 0.15) is 0 Å². The van der Waals surface area contributed by atoms with Crippen LogP contribution >= 0.6 is 0 Å². The number of hydrogen-bond donors (Lipinski definition) is 0. The minimum Gasteiger partial charge on any atom is -0.462 e. The number of carbonyl (C=O) groups excluding carboxylic acids is 1. The minimum atomic E-state index is -1.46. The Kier molecular flexibility index (Phi) is 9.08. The van der Waals surface area contributed by atoms with E-state index in [1.165, 1.54) is 24.2 Å². The molecule has 0 saturated carbocycles. The standard InChI is InChI=1S/C13H26O3Si/c1-5-10-13(14)15-11-9-12-16-17(6-2,7-3)8-4/h5,10H,6-9,11-12H2,1-4H3. The molecule has 0 amide bonds. The van der Waals surface area contributed by atoms with Crippen molar-refractivity contribution in [1.82, 2.24) is 0 Å². The van der Waals surface area contributed by atoms with Crippen LogP contribution in [0.5, 0.6) is 0 Å². The van der Waals surface area contributed by atoms with Crippen LogP contribution in [0.15, 0.2) is 12.2 Å². The summed E-state index contributed by atoms with van der Waals surface area (Å²) < 4.78 is 11.1. The molecule has 100 valence electrons. The van der Waals surface area contributed by atoms with Gasteiger partial charge in [-0.2, -0.15) is 0 Å². The lowest BCUT2D eigenvalue weighted by molar-refractivity contribution is -0.138. The molecule has 0 radical (unpaired) electrons. The van der Waals surface area contributed by atoms with Gasteiger partial charge in [-0.25, -0.2) is 4.79 Å². The van der Waals surface area contributed by atoms with Crippen molar-refractivity contribution in [3.05, 3.63) is 12.2 Å². The molecule has 0 unspecified atom stereocenters. The average Bonchev–Trinajstić information content (AvgIpc) is 2.35. The first-order valence-electron chi connectivity index (χ1n) is 6.57. The highest BCUT2D eigenvalue weighted by atomic mass is 28.4. The normalized spacial score (nSPS) is 12.0. The maximum absolute atomic E-state index is 11.0. The molecule has 0 aromatic carbocycles. The number of ether oxygens (including phenoxy) is 1. The van der Waals surface area contributed by atoms with Crippen molar-refractivity contribution < 1.29 is 14.0 Å². The lowest BCUT2D eigenvalue weighted by atomic mass is 10.5. The SMILES string of the molecule is CC=CC(=O)OCCCO[Si](CC)(CC)CC. The van der Waals surface area contributed by atoms with Gasteiger partial charge in [0.2, 0.25) is 0 Å². The zero-order valence-corrected chi connectivity index (χ0v) is 12.6. The Labute approximate surface area is 106 Å². The summed E-state index contributed by atoms with van der Waals surface area (Å²) in [4.78, 5) is 11.0. The van der Waals surface area contributed by atoms with E-state index in [-0.39, 0.29) is 5.97 Å². The molecule has 0 aliphatic rings. The fourth-order valence-corrected chi connectivity index (χ4v) is 4.45. The van der Waals surface area contributed by atoms with Gasteiger partial charge in [0, 0.05) is 19.1 Å². The van der Waals surface area contributed by atoms with E-state index in [1.54, 1.807) is 13.0 Å². The quantitative estimate of drug-likeness (QED) is 0.275. The number of hydrogen-bond acceptors (Lipinski definition) is 3. The van der Waals surface area contributed by atoms with Crippen LogP contribution in [0.1, 0.15) is 34.1 Å². The second-order valence-corrected chi connectivity index (χ2v) is 8.89. The van der Waals surface area contributed by atoms with E-state index in [4.69, 9.17) is 9.16 Å². The maximum atomic E-state index is 11.0. The highest BCUT2D eigenvalue weighted by molar-refractivity contribution is 6.73. The summed E-state index contributed by atoms with van der Waals surface area (Å²) in [5.41, 5.74) is 0. The number of allylic oxidation sites excluding steroid dienone is 1. The Hall–Kier alpha value is -0.613. The molecule has 0 heterocycles. The molecular weight excluding hydrogens is 232 g/mol. The van der Waals surface area contributed by atoms with E-state index >= 15 is 0 Å². The van der Waals surface area contributed by atoms with Gasteiger partial charge in [-0.1, -0.05) is 26.8 Å². The Bertz CT molecular complexity index is 227. The Balaban J connectivity index is 3.72. The van der Waals surface area contributed by atoms with Crippen molar-refractivity contribution in [2.24, 2.45) is 0 Å². The van der Waals surface area contributed by atoms with E-state index < -0.39 is 8.32 Å². The van der Waals surface area contributed by atoms with Crippen LogP contribution in [-0.2, 0) is 14.0 Å². The smallest absolute Gasteiger partial charge is 0.330 e. The molecular formula is C13H26O3Si. The third-order valence-electron chi connectivity index (χ3n) is 3.18. The Morgan fingerprint density at radius 1 is 1.12 bits per heavy atom. The maximum Gasteiger partial charge on any atom is 0.330 e. The van der Waals surface area contributed by atoms with Crippen LogP contribution in [-0.4, -0.2) is 27.5 Å². The van der Waals surface area contributed by atoms with Crippen molar-refractivity contribution in [3.8, 4) is 0 Å². The topological polar surface area (TPSA) is 35.5 Å². The van der Waals surface area contributed by atoms with Gasteiger partial charge in [-0.3, -0.25) is 0 Å². The van der Waals surface area contributed by atoms with Crippen LogP contribution in [0.2, 0.25) is 18.1 Å². The van der Waals surface area contributed by atoms with E-state index in [1.807, 2.05) is 0 Å². The van der Waals surface area contributed by atoms with Crippen molar-refractivity contribution in [2.45, 2.75) is 52.2 Å². The number of rotatable bonds is 9. The molecule has 0 aliphatic carbocycles. The molecule has 0 rings (SSSR count). The molecule has 0 aliphatic heterocycles. The predicted octanol–water partition coefficient (Wildman–Crippen LogP) is 3.52. The Morgan fingerprint density at radius 3 is 2.18 bits per heavy atom. The molecule has 0 spiro atoms. The lowest BCUT2D eigenvalue weighted by Gasteiger charge is -2.27. The minimum absolute atomic E-state index is 0.266. The van der Waals surface area contributed by atoms with E-state index in [2.05, 4.69) is 20.8 Å². The summed E-state index contributed by atoms with van der Waals surface area (Å²) in [5.74, 6) is -0.266. The molecule has 0 bridgehead atoms. The fourth-order valence-electron chi connectivity index (χ4n) is 1.76. The van der Waals surface area contributed by atoms with Crippen molar-refractivity contribution in [3.63, 3.8) is 0 Å². The van der Waals surface area contributed by atoms with Crippen LogP contribution < -0.4 is 0 Å². The summed E-state index contributed by atoms with van der Waals surface area (Å²) in [7, 11) is -1.46. The molecule has 4 heteroatoms. The fraction of sp³-hybridized carbons (Fsp3) is 0.769. The lowest BCUT2D eigenvalue weighted by Crippen LogP contribution is -2.36. The first-order valence-corrected chi connectivity index (χ1v) is 9.10. The summed E-state index contributed by atoms with van der Waals surface area (Å²) in [5, 5.41) is 0. The van der Waals surface area contributed by atoms with E-state index in [9.17, 15) is 4.79 Å². The molecule has 0 atom stereocenters. The predicted molar refractivity (Wildman–Crippen MR) is 73.5 cm³/mol.